The molecule has 2 aliphatic rings. The summed E-state index contributed by atoms with van der Waals surface area (Å²) in [5, 5.41) is 0. The Labute approximate surface area is 138 Å². The van der Waals surface area contributed by atoms with E-state index in [0.717, 1.165) is 42.9 Å². The molecule has 1 amide bonds. The molecule has 0 saturated heterocycles. The number of nitrogens with two attached hydrogens (primary N) is 1. The van der Waals surface area contributed by atoms with Crippen molar-refractivity contribution < 1.29 is 4.79 Å². The second kappa shape index (κ2) is 6.83. The molecule has 0 radical (unpaired) electrons. The van der Waals surface area contributed by atoms with Gasteiger partial charge in [0.2, 0.25) is 5.91 Å². The summed E-state index contributed by atoms with van der Waals surface area (Å²) in [4.78, 5) is 25.4. The molecule has 126 valence electrons. The molecule has 2 heterocycles. The molecule has 0 unspecified atom stereocenters. The Balaban J connectivity index is 1.70. The fourth-order valence-corrected chi connectivity index (χ4v) is 3.77. The molecule has 1 aromatic rings. The smallest absolute Gasteiger partial charge is 0.223 e. The van der Waals surface area contributed by atoms with Crippen LogP contribution in [0, 0.1) is 5.92 Å². The van der Waals surface area contributed by atoms with Crippen molar-refractivity contribution in [3.05, 3.63) is 17.6 Å². The first-order chi connectivity index (χ1) is 11.1. The number of anilines is 1. The monoisotopic (exact) mass is 317 g/mol. The van der Waals surface area contributed by atoms with Crippen LogP contribution in [0.3, 0.4) is 0 Å². The maximum atomic E-state index is 12.7. The Morgan fingerprint density at radius 3 is 2.87 bits per heavy atom. The van der Waals surface area contributed by atoms with Crippen LogP contribution in [0.25, 0.3) is 0 Å². The van der Waals surface area contributed by atoms with Crippen molar-refractivity contribution in [3.8, 4) is 0 Å². The third-order valence-electron chi connectivity index (χ3n) is 5.16. The van der Waals surface area contributed by atoms with E-state index >= 15 is 0 Å². The van der Waals surface area contributed by atoms with Gasteiger partial charge >= 0.3 is 0 Å². The predicted molar refractivity (Wildman–Crippen MR) is 90.0 cm³/mol. The second-order valence-electron chi connectivity index (χ2n) is 6.99. The van der Waals surface area contributed by atoms with Crippen LogP contribution in [0.1, 0.15) is 43.4 Å². The fraction of sp³-hybridized carbons (Fsp3) is 0.706. The Bertz CT molecular complexity index is 574. The zero-order chi connectivity index (χ0) is 16.4. The summed E-state index contributed by atoms with van der Waals surface area (Å²) in [6, 6.07) is 0.186. The topological polar surface area (TPSA) is 75.4 Å². The van der Waals surface area contributed by atoms with Gasteiger partial charge in [-0.15, -0.1) is 0 Å². The highest BCUT2D eigenvalue weighted by Gasteiger charge is 2.29. The van der Waals surface area contributed by atoms with E-state index in [4.69, 9.17) is 5.73 Å². The van der Waals surface area contributed by atoms with Crippen molar-refractivity contribution in [1.82, 2.24) is 14.9 Å². The number of aromatic nitrogens is 2. The van der Waals surface area contributed by atoms with Crippen molar-refractivity contribution in [3.63, 3.8) is 0 Å². The van der Waals surface area contributed by atoms with Crippen LogP contribution in [-0.2, 0) is 17.8 Å². The first-order valence-corrected chi connectivity index (χ1v) is 8.59. The fourth-order valence-electron chi connectivity index (χ4n) is 3.77. The summed E-state index contributed by atoms with van der Waals surface area (Å²) >= 11 is 0. The molecule has 1 saturated carbocycles. The van der Waals surface area contributed by atoms with Gasteiger partial charge in [0.25, 0.3) is 0 Å². The molecule has 6 nitrogen and oxygen atoms in total. The van der Waals surface area contributed by atoms with Gasteiger partial charge in [0, 0.05) is 45.1 Å². The zero-order valence-electron chi connectivity index (χ0n) is 14.2. The molecule has 0 spiro atoms. The Hall–Kier alpha value is -1.69. The summed E-state index contributed by atoms with van der Waals surface area (Å²) in [6.45, 7) is 1.36. The van der Waals surface area contributed by atoms with Gasteiger partial charge in [0.1, 0.15) is 12.1 Å². The van der Waals surface area contributed by atoms with E-state index in [1.807, 2.05) is 23.9 Å². The van der Waals surface area contributed by atoms with Crippen LogP contribution in [0.4, 0.5) is 5.82 Å². The van der Waals surface area contributed by atoms with E-state index in [0.29, 0.717) is 18.9 Å². The molecule has 6 heteroatoms. The second-order valence-corrected chi connectivity index (χ2v) is 6.99. The van der Waals surface area contributed by atoms with Gasteiger partial charge < -0.3 is 15.5 Å². The molecule has 1 aliphatic carbocycles. The predicted octanol–water partition coefficient (Wildman–Crippen LogP) is 1.33. The number of hydrogen-bond donors (Lipinski definition) is 1. The summed E-state index contributed by atoms with van der Waals surface area (Å²) in [7, 11) is 3.95. The Morgan fingerprint density at radius 2 is 2.13 bits per heavy atom. The van der Waals surface area contributed by atoms with Crippen molar-refractivity contribution >= 4 is 11.7 Å². The van der Waals surface area contributed by atoms with Gasteiger partial charge in [-0.05, 0) is 18.8 Å². The quantitative estimate of drug-likeness (QED) is 0.910. The minimum Gasteiger partial charge on any atom is -0.362 e. The minimum absolute atomic E-state index is 0.186. The van der Waals surface area contributed by atoms with Crippen LogP contribution in [0.2, 0.25) is 0 Å². The van der Waals surface area contributed by atoms with Crippen molar-refractivity contribution in [2.24, 2.45) is 11.7 Å². The summed E-state index contributed by atoms with van der Waals surface area (Å²) in [6.07, 6.45) is 7.55. The van der Waals surface area contributed by atoms with Crippen LogP contribution >= 0.6 is 0 Å². The lowest BCUT2D eigenvalue weighted by atomic mass is 9.82. The number of nitrogens with zero attached hydrogens (tertiary/aromatic N) is 4. The van der Waals surface area contributed by atoms with Crippen LogP contribution in [0.5, 0.6) is 0 Å². The lowest BCUT2D eigenvalue weighted by Gasteiger charge is -2.33. The van der Waals surface area contributed by atoms with Gasteiger partial charge in [-0.25, -0.2) is 9.97 Å². The van der Waals surface area contributed by atoms with Crippen molar-refractivity contribution in [2.45, 2.75) is 51.1 Å². The number of hydrogen-bond acceptors (Lipinski definition) is 5. The van der Waals surface area contributed by atoms with E-state index in [9.17, 15) is 4.79 Å². The van der Waals surface area contributed by atoms with E-state index in [1.54, 1.807) is 6.33 Å². The van der Waals surface area contributed by atoms with Gasteiger partial charge in [0.15, 0.2) is 0 Å². The van der Waals surface area contributed by atoms with E-state index in [-0.39, 0.29) is 11.9 Å². The van der Waals surface area contributed by atoms with E-state index < -0.39 is 0 Å². The molecule has 23 heavy (non-hydrogen) atoms. The molecule has 2 N–H and O–H groups in total. The Morgan fingerprint density at radius 1 is 1.35 bits per heavy atom. The van der Waals surface area contributed by atoms with Crippen LogP contribution in [-0.4, -0.2) is 47.5 Å². The molecule has 0 aromatic carbocycles. The first-order valence-electron chi connectivity index (χ1n) is 8.59. The third kappa shape index (κ3) is 3.47. The van der Waals surface area contributed by atoms with Crippen LogP contribution < -0.4 is 10.6 Å². The Kier molecular flexibility index (Phi) is 4.80. The average molecular weight is 317 g/mol. The average Bonchev–Trinajstić information content (AvgIpc) is 2.55. The van der Waals surface area contributed by atoms with Gasteiger partial charge in [0.05, 0.1) is 12.2 Å². The first kappa shape index (κ1) is 16.2. The summed E-state index contributed by atoms with van der Waals surface area (Å²) in [5.74, 6) is 1.49. The van der Waals surface area contributed by atoms with Gasteiger partial charge in [-0.3, -0.25) is 4.79 Å². The molecule has 1 fully saturated rings. The number of amides is 1. The van der Waals surface area contributed by atoms with Crippen molar-refractivity contribution in [2.75, 3.05) is 25.5 Å². The van der Waals surface area contributed by atoms with E-state index in [1.165, 1.54) is 12.8 Å². The highest BCUT2D eigenvalue weighted by molar-refractivity contribution is 5.77. The van der Waals surface area contributed by atoms with Crippen LogP contribution in [0.15, 0.2) is 6.33 Å². The molecule has 1 aliphatic heterocycles. The minimum atomic E-state index is 0.186. The van der Waals surface area contributed by atoms with E-state index in [2.05, 4.69) is 9.97 Å². The summed E-state index contributed by atoms with van der Waals surface area (Å²) in [5.41, 5.74) is 8.36. The number of carbonyl (C=O) groups is 1. The lowest BCUT2D eigenvalue weighted by molar-refractivity contribution is -0.133. The SMILES string of the molecule is CN(C)c1ncnc2c1CN(C(=O)C[C@@H]1CCCC[C@@H]1N)CC2. The zero-order valence-corrected chi connectivity index (χ0v) is 14.2. The molecule has 1 aromatic heterocycles. The third-order valence-corrected chi connectivity index (χ3v) is 5.16. The molecular weight excluding hydrogens is 290 g/mol. The standard InChI is InChI=1S/C17H27N5O/c1-21(2)17-13-10-22(8-7-15(13)19-11-20-17)16(23)9-12-5-3-4-6-14(12)18/h11-12,14H,3-10,18H2,1-2H3/t12-,14-/m0/s1. The lowest BCUT2D eigenvalue weighted by Crippen LogP contribution is -2.41. The highest BCUT2D eigenvalue weighted by Crippen LogP contribution is 2.29. The molecular formula is C17H27N5O. The molecule has 0 bridgehead atoms. The number of rotatable bonds is 3. The molecule has 3 rings (SSSR count). The van der Waals surface area contributed by atoms with Gasteiger partial charge in [-0.2, -0.15) is 0 Å². The maximum absolute atomic E-state index is 12.7. The highest BCUT2D eigenvalue weighted by atomic mass is 16.2. The number of fused-ring (bicyclic) bond motifs is 1. The summed E-state index contributed by atoms with van der Waals surface area (Å²) < 4.78 is 0. The molecule has 2 atom stereocenters. The number of carbonyl (C=O) groups excluding carboxylic acids is 1. The normalized spacial score (nSPS) is 24.2. The van der Waals surface area contributed by atoms with Gasteiger partial charge in [-0.1, -0.05) is 12.8 Å². The maximum Gasteiger partial charge on any atom is 0.223 e. The van der Waals surface area contributed by atoms with Crippen molar-refractivity contribution in [1.29, 1.82) is 0 Å². The largest absolute Gasteiger partial charge is 0.362 e.